The van der Waals surface area contributed by atoms with Crippen LogP contribution in [0.2, 0.25) is 0 Å². The third-order valence-corrected chi connectivity index (χ3v) is 7.42. The number of pyridine rings is 1. The Bertz CT molecular complexity index is 1270. The fourth-order valence-electron chi connectivity index (χ4n) is 3.75. The molecular formula is C22H21ClN4O3S. The minimum Gasteiger partial charge on any atom is -0.336 e. The highest BCUT2D eigenvalue weighted by atomic mass is 35.5. The molecule has 1 amide bonds. The van der Waals surface area contributed by atoms with Crippen molar-refractivity contribution in [3.8, 4) is 6.07 Å². The quantitative estimate of drug-likeness (QED) is 0.603. The second-order valence-corrected chi connectivity index (χ2v) is 9.10. The number of hydrogen-bond acceptors (Lipinski definition) is 5. The van der Waals surface area contributed by atoms with Gasteiger partial charge in [-0.3, -0.25) is 9.78 Å². The molecule has 1 aliphatic rings. The number of sulfonamides is 1. The molecular weight excluding hydrogens is 436 g/mol. The second kappa shape index (κ2) is 9.02. The van der Waals surface area contributed by atoms with Crippen LogP contribution >= 0.6 is 12.4 Å². The summed E-state index contributed by atoms with van der Waals surface area (Å²) in [5, 5.41) is 10.7. The molecule has 3 aromatic rings. The standard InChI is InChI=1S/C22H20N4O3S.ClH/c1-16-13-17(14-23)5-6-21(16)30(28,29)26-11-9-25(10-12-26)22(27)19-4-2-3-18-7-8-24-15-20(18)19;/h2-8,13,15H,9-12H2,1H3;1H. The monoisotopic (exact) mass is 456 g/mol. The largest absolute Gasteiger partial charge is 0.336 e. The van der Waals surface area contributed by atoms with E-state index >= 15 is 0 Å². The third-order valence-electron chi connectivity index (χ3n) is 5.36. The highest BCUT2D eigenvalue weighted by Gasteiger charge is 2.31. The van der Waals surface area contributed by atoms with Crippen molar-refractivity contribution in [2.75, 3.05) is 26.2 Å². The molecule has 2 heterocycles. The van der Waals surface area contributed by atoms with E-state index in [2.05, 4.69) is 4.98 Å². The minimum absolute atomic E-state index is 0. The molecule has 0 spiro atoms. The van der Waals surface area contributed by atoms with Gasteiger partial charge < -0.3 is 4.90 Å². The molecule has 0 unspecified atom stereocenters. The number of amides is 1. The van der Waals surface area contributed by atoms with E-state index in [1.54, 1.807) is 36.4 Å². The number of fused-ring (bicyclic) bond motifs is 1. The van der Waals surface area contributed by atoms with Crippen molar-refractivity contribution >= 4 is 39.1 Å². The summed E-state index contributed by atoms with van der Waals surface area (Å²) in [7, 11) is -3.69. The number of nitriles is 1. The molecule has 0 N–H and O–H groups in total. The van der Waals surface area contributed by atoms with Crippen LogP contribution in [-0.4, -0.2) is 54.7 Å². The second-order valence-electron chi connectivity index (χ2n) is 7.19. The van der Waals surface area contributed by atoms with E-state index in [4.69, 9.17) is 5.26 Å². The Hall–Kier alpha value is -2.99. The molecule has 4 rings (SSSR count). The number of halogens is 1. The highest BCUT2D eigenvalue weighted by molar-refractivity contribution is 7.89. The molecule has 0 atom stereocenters. The molecule has 7 nitrogen and oxygen atoms in total. The summed E-state index contributed by atoms with van der Waals surface area (Å²) < 4.78 is 27.5. The number of rotatable bonds is 3. The van der Waals surface area contributed by atoms with Gasteiger partial charge in [0.15, 0.2) is 0 Å². The van der Waals surface area contributed by atoms with Crippen molar-refractivity contribution in [2.45, 2.75) is 11.8 Å². The molecule has 9 heteroatoms. The van der Waals surface area contributed by atoms with E-state index < -0.39 is 10.0 Å². The molecule has 1 aliphatic heterocycles. The van der Waals surface area contributed by atoms with Crippen LogP contribution in [0.1, 0.15) is 21.5 Å². The maximum Gasteiger partial charge on any atom is 0.254 e. The summed E-state index contributed by atoms with van der Waals surface area (Å²) >= 11 is 0. The molecule has 0 bridgehead atoms. The van der Waals surface area contributed by atoms with E-state index in [0.29, 0.717) is 29.8 Å². The summed E-state index contributed by atoms with van der Waals surface area (Å²) in [6.45, 7) is 2.74. The Morgan fingerprint density at radius 1 is 1.10 bits per heavy atom. The number of carbonyl (C=O) groups excluding carboxylic acids is 1. The van der Waals surface area contributed by atoms with Crippen molar-refractivity contribution < 1.29 is 13.2 Å². The molecule has 2 aromatic carbocycles. The highest BCUT2D eigenvalue weighted by Crippen LogP contribution is 2.24. The Balaban J connectivity index is 0.00000272. The first kappa shape index (κ1) is 22.7. The first-order chi connectivity index (χ1) is 14.4. The summed E-state index contributed by atoms with van der Waals surface area (Å²) in [6.07, 6.45) is 3.36. The zero-order valence-electron chi connectivity index (χ0n) is 16.9. The Labute approximate surface area is 187 Å². The summed E-state index contributed by atoms with van der Waals surface area (Å²) in [6, 6.07) is 14.0. The Morgan fingerprint density at radius 3 is 2.52 bits per heavy atom. The van der Waals surface area contributed by atoms with Gasteiger partial charge in [-0.2, -0.15) is 9.57 Å². The summed E-state index contributed by atoms with van der Waals surface area (Å²) in [5.74, 6) is -0.125. The Kier molecular flexibility index (Phi) is 6.60. The van der Waals surface area contributed by atoms with Crippen LogP contribution in [0.25, 0.3) is 10.8 Å². The van der Waals surface area contributed by atoms with E-state index in [1.165, 1.54) is 16.4 Å². The van der Waals surface area contributed by atoms with E-state index in [9.17, 15) is 13.2 Å². The maximum atomic E-state index is 13.1. The minimum atomic E-state index is -3.69. The van der Waals surface area contributed by atoms with Gasteiger partial charge in [0, 0.05) is 49.5 Å². The van der Waals surface area contributed by atoms with Gasteiger partial charge in [-0.15, -0.1) is 12.4 Å². The lowest BCUT2D eigenvalue weighted by molar-refractivity contribution is 0.0700. The average Bonchev–Trinajstić information content (AvgIpc) is 2.78. The molecule has 0 saturated carbocycles. The topological polar surface area (TPSA) is 94.4 Å². The lowest BCUT2D eigenvalue weighted by Gasteiger charge is -2.34. The number of piperazine rings is 1. The van der Waals surface area contributed by atoms with Crippen molar-refractivity contribution in [1.82, 2.24) is 14.2 Å². The smallest absolute Gasteiger partial charge is 0.254 e. The molecule has 0 aliphatic carbocycles. The van der Waals surface area contributed by atoms with Crippen LogP contribution in [0.4, 0.5) is 0 Å². The molecule has 1 fully saturated rings. The van der Waals surface area contributed by atoms with Gasteiger partial charge in [-0.1, -0.05) is 12.1 Å². The maximum absolute atomic E-state index is 13.1. The zero-order chi connectivity index (χ0) is 21.3. The number of carbonyl (C=O) groups is 1. The SMILES string of the molecule is Cc1cc(C#N)ccc1S(=O)(=O)N1CCN(C(=O)c2cccc3ccncc23)CC1.Cl. The van der Waals surface area contributed by atoms with Gasteiger partial charge in [0.25, 0.3) is 5.91 Å². The van der Waals surface area contributed by atoms with E-state index in [0.717, 1.165) is 10.8 Å². The van der Waals surface area contributed by atoms with Gasteiger partial charge in [0.2, 0.25) is 10.0 Å². The van der Waals surface area contributed by atoms with Gasteiger partial charge >= 0.3 is 0 Å². The molecule has 1 aromatic heterocycles. The van der Waals surface area contributed by atoms with Crippen molar-refractivity contribution in [2.24, 2.45) is 0 Å². The summed E-state index contributed by atoms with van der Waals surface area (Å²) in [5.41, 5.74) is 1.53. The number of hydrogen-bond donors (Lipinski definition) is 0. The predicted octanol–water partition coefficient (Wildman–Crippen LogP) is 2.98. The lowest BCUT2D eigenvalue weighted by atomic mass is 10.1. The van der Waals surface area contributed by atoms with Crippen molar-refractivity contribution in [1.29, 1.82) is 5.26 Å². The van der Waals surface area contributed by atoms with Crippen LogP contribution in [-0.2, 0) is 10.0 Å². The van der Waals surface area contributed by atoms with E-state index in [-0.39, 0.29) is 36.3 Å². The van der Waals surface area contributed by atoms with Gasteiger partial charge in [-0.05, 0) is 48.2 Å². The third kappa shape index (κ3) is 4.26. The van der Waals surface area contributed by atoms with Crippen LogP contribution in [0, 0.1) is 18.3 Å². The number of aromatic nitrogens is 1. The summed E-state index contributed by atoms with van der Waals surface area (Å²) in [4.78, 5) is 19.1. The fraction of sp³-hybridized carbons (Fsp3) is 0.227. The van der Waals surface area contributed by atoms with Gasteiger partial charge in [0.05, 0.1) is 16.5 Å². The normalized spacial score (nSPS) is 14.6. The van der Waals surface area contributed by atoms with E-state index in [1.807, 2.05) is 24.3 Å². The van der Waals surface area contributed by atoms with Gasteiger partial charge in [-0.25, -0.2) is 8.42 Å². The number of nitrogens with zero attached hydrogens (tertiary/aromatic N) is 4. The van der Waals surface area contributed by atoms with Crippen LogP contribution in [0.15, 0.2) is 59.8 Å². The van der Waals surface area contributed by atoms with Crippen LogP contribution in [0.5, 0.6) is 0 Å². The number of benzene rings is 2. The molecule has 0 radical (unpaired) electrons. The lowest BCUT2D eigenvalue weighted by Crippen LogP contribution is -2.50. The first-order valence-electron chi connectivity index (χ1n) is 9.55. The number of aryl methyl sites for hydroxylation is 1. The van der Waals surface area contributed by atoms with Crippen molar-refractivity contribution in [3.05, 3.63) is 71.5 Å². The van der Waals surface area contributed by atoms with Crippen LogP contribution < -0.4 is 0 Å². The van der Waals surface area contributed by atoms with Crippen LogP contribution in [0.3, 0.4) is 0 Å². The average molecular weight is 457 g/mol. The molecule has 160 valence electrons. The van der Waals surface area contributed by atoms with Gasteiger partial charge in [0.1, 0.15) is 0 Å². The molecule has 1 saturated heterocycles. The Morgan fingerprint density at radius 2 is 1.84 bits per heavy atom. The fourth-order valence-corrected chi connectivity index (χ4v) is 5.38. The molecule has 31 heavy (non-hydrogen) atoms. The van der Waals surface area contributed by atoms with Crippen molar-refractivity contribution in [3.63, 3.8) is 0 Å². The predicted molar refractivity (Wildman–Crippen MR) is 120 cm³/mol. The zero-order valence-corrected chi connectivity index (χ0v) is 18.5. The first-order valence-corrected chi connectivity index (χ1v) is 11.0.